The summed E-state index contributed by atoms with van der Waals surface area (Å²) in [4.78, 5) is 41.1. The van der Waals surface area contributed by atoms with Crippen molar-refractivity contribution < 1.29 is 19.1 Å². The molecule has 1 atom stereocenters. The SMILES string of the molecule is COc1ccc(Cl)cc1NC(=O)CN(C)C(=O)C1CC(=O)N(c2ccc3c(c2)CCC3)C1. The number of likely N-dealkylation sites (N-methyl/N-ethyl adjacent to an activating group) is 1. The lowest BCUT2D eigenvalue weighted by Crippen LogP contribution is -2.39. The lowest BCUT2D eigenvalue weighted by molar-refractivity contribution is -0.137. The molecule has 0 radical (unpaired) electrons. The van der Waals surface area contributed by atoms with Crippen LogP contribution < -0.4 is 15.0 Å². The van der Waals surface area contributed by atoms with Crippen molar-refractivity contribution in [1.29, 1.82) is 0 Å². The first kappa shape index (κ1) is 22.1. The molecule has 2 aromatic rings. The zero-order valence-corrected chi connectivity index (χ0v) is 18.9. The van der Waals surface area contributed by atoms with Gasteiger partial charge in [-0.1, -0.05) is 17.7 Å². The van der Waals surface area contributed by atoms with Crippen LogP contribution in [-0.4, -0.2) is 49.9 Å². The molecule has 1 aliphatic heterocycles. The molecule has 1 saturated heterocycles. The average molecular weight is 456 g/mol. The van der Waals surface area contributed by atoms with Gasteiger partial charge in [-0.15, -0.1) is 0 Å². The van der Waals surface area contributed by atoms with E-state index in [1.165, 1.54) is 23.1 Å². The normalized spacial score (nSPS) is 17.3. The number of ether oxygens (including phenoxy) is 1. The summed E-state index contributed by atoms with van der Waals surface area (Å²) in [6.07, 6.45) is 3.40. The molecule has 8 heteroatoms. The van der Waals surface area contributed by atoms with Gasteiger partial charge in [-0.3, -0.25) is 14.4 Å². The molecular formula is C24H26ClN3O4. The number of rotatable bonds is 6. The predicted octanol–water partition coefficient (Wildman–Crippen LogP) is 3.29. The summed E-state index contributed by atoms with van der Waals surface area (Å²) in [5.74, 6) is -0.670. The van der Waals surface area contributed by atoms with Crippen LogP contribution in [0.1, 0.15) is 24.0 Å². The van der Waals surface area contributed by atoms with E-state index >= 15 is 0 Å². The van der Waals surface area contributed by atoms with E-state index in [0.717, 1.165) is 24.9 Å². The van der Waals surface area contributed by atoms with Crippen LogP contribution in [0.4, 0.5) is 11.4 Å². The van der Waals surface area contributed by atoms with Gasteiger partial charge in [0.2, 0.25) is 17.7 Å². The maximum atomic E-state index is 12.9. The Morgan fingerprint density at radius 1 is 1.19 bits per heavy atom. The van der Waals surface area contributed by atoms with Crippen molar-refractivity contribution in [1.82, 2.24) is 4.90 Å². The highest BCUT2D eigenvalue weighted by molar-refractivity contribution is 6.31. The second kappa shape index (κ2) is 9.20. The number of nitrogens with zero attached hydrogens (tertiary/aromatic N) is 2. The highest BCUT2D eigenvalue weighted by Crippen LogP contribution is 2.31. The number of amides is 3. The van der Waals surface area contributed by atoms with Gasteiger partial charge >= 0.3 is 0 Å². The topological polar surface area (TPSA) is 79.0 Å². The Hall–Kier alpha value is -3.06. The van der Waals surface area contributed by atoms with E-state index < -0.39 is 5.92 Å². The first-order chi connectivity index (χ1) is 15.4. The van der Waals surface area contributed by atoms with Crippen LogP contribution in [0.2, 0.25) is 5.02 Å². The Bertz CT molecular complexity index is 1070. The second-order valence-corrected chi connectivity index (χ2v) is 8.74. The molecule has 7 nitrogen and oxygen atoms in total. The Labute approximate surface area is 192 Å². The first-order valence-electron chi connectivity index (χ1n) is 10.7. The third kappa shape index (κ3) is 4.58. The van der Waals surface area contributed by atoms with Crippen LogP contribution in [0.3, 0.4) is 0 Å². The van der Waals surface area contributed by atoms with Crippen molar-refractivity contribution in [3.05, 3.63) is 52.5 Å². The first-order valence-corrected chi connectivity index (χ1v) is 11.0. The van der Waals surface area contributed by atoms with E-state index in [1.54, 1.807) is 30.1 Å². The Balaban J connectivity index is 1.37. The number of carbonyl (C=O) groups is 3. The molecular weight excluding hydrogens is 430 g/mol. The molecule has 2 aromatic carbocycles. The summed E-state index contributed by atoms with van der Waals surface area (Å²) in [5, 5.41) is 3.19. The number of benzene rings is 2. The molecule has 1 aliphatic carbocycles. The van der Waals surface area contributed by atoms with E-state index in [0.29, 0.717) is 23.0 Å². The minimum atomic E-state index is -0.478. The number of anilines is 2. The number of hydrogen-bond donors (Lipinski definition) is 1. The van der Waals surface area contributed by atoms with E-state index in [9.17, 15) is 14.4 Å². The van der Waals surface area contributed by atoms with E-state index in [-0.39, 0.29) is 30.7 Å². The van der Waals surface area contributed by atoms with Gasteiger partial charge in [0.25, 0.3) is 0 Å². The number of fused-ring (bicyclic) bond motifs is 1. The monoisotopic (exact) mass is 455 g/mol. The number of hydrogen-bond acceptors (Lipinski definition) is 4. The average Bonchev–Trinajstić information content (AvgIpc) is 3.39. The lowest BCUT2D eigenvalue weighted by atomic mass is 10.1. The van der Waals surface area contributed by atoms with Crippen molar-refractivity contribution in [2.24, 2.45) is 5.92 Å². The maximum absolute atomic E-state index is 12.9. The Kier molecular flexibility index (Phi) is 6.37. The number of nitrogens with one attached hydrogen (secondary N) is 1. The van der Waals surface area contributed by atoms with Gasteiger partial charge in [-0.05, 0) is 60.7 Å². The van der Waals surface area contributed by atoms with Gasteiger partial charge in [0, 0.05) is 30.7 Å². The number of carbonyl (C=O) groups excluding carboxylic acids is 3. The van der Waals surface area contributed by atoms with Crippen molar-refractivity contribution in [3.8, 4) is 5.75 Å². The van der Waals surface area contributed by atoms with Gasteiger partial charge in [0.15, 0.2) is 0 Å². The largest absolute Gasteiger partial charge is 0.495 e. The van der Waals surface area contributed by atoms with Gasteiger partial charge in [-0.2, -0.15) is 0 Å². The van der Waals surface area contributed by atoms with Crippen LogP contribution in [0.15, 0.2) is 36.4 Å². The number of aryl methyl sites for hydroxylation is 2. The van der Waals surface area contributed by atoms with Crippen molar-refractivity contribution in [3.63, 3.8) is 0 Å². The van der Waals surface area contributed by atoms with Crippen LogP contribution >= 0.6 is 11.6 Å². The van der Waals surface area contributed by atoms with E-state index in [1.807, 2.05) is 6.07 Å². The number of methoxy groups -OCH3 is 1. The fraction of sp³-hybridized carbons (Fsp3) is 0.375. The minimum Gasteiger partial charge on any atom is -0.495 e. The highest BCUT2D eigenvalue weighted by Gasteiger charge is 2.37. The Morgan fingerprint density at radius 3 is 2.75 bits per heavy atom. The zero-order valence-electron chi connectivity index (χ0n) is 18.2. The van der Waals surface area contributed by atoms with Crippen LogP contribution in [0, 0.1) is 5.92 Å². The third-order valence-electron chi connectivity index (χ3n) is 6.06. The fourth-order valence-electron chi connectivity index (χ4n) is 4.42. The van der Waals surface area contributed by atoms with E-state index in [2.05, 4.69) is 17.4 Å². The lowest BCUT2D eigenvalue weighted by Gasteiger charge is -2.22. The quantitative estimate of drug-likeness (QED) is 0.725. The summed E-state index contributed by atoms with van der Waals surface area (Å²) in [5.41, 5.74) is 3.91. The van der Waals surface area contributed by atoms with Crippen LogP contribution in [0.25, 0.3) is 0 Å². The van der Waals surface area contributed by atoms with Crippen LogP contribution in [-0.2, 0) is 27.2 Å². The highest BCUT2D eigenvalue weighted by atomic mass is 35.5. The summed E-state index contributed by atoms with van der Waals surface area (Å²) in [6, 6.07) is 11.0. The Morgan fingerprint density at radius 2 is 1.97 bits per heavy atom. The molecule has 4 rings (SSSR count). The molecule has 168 valence electrons. The van der Waals surface area contributed by atoms with Crippen molar-refractivity contribution in [2.75, 3.05) is 37.5 Å². The summed E-state index contributed by atoms with van der Waals surface area (Å²) < 4.78 is 5.23. The molecule has 1 unspecified atom stereocenters. The van der Waals surface area contributed by atoms with Gasteiger partial charge < -0.3 is 19.9 Å². The molecule has 1 N–H and O–H groups in total. The molecule has 0 spiro atoms. The summed E-state index contributed by atoms with van der Waals surface area (Å²) in [6.45, 7) is 0.183. The molecule has 0 bridgehead atoms. The fourth-order valence-corrected chi connectivity index (χ4v) is 4.59. The molecule has 0 aromatic heterocycles. The summed E-state index contributed by atoms with van der Waals surface area (Å²) >= 11 is 6.00. The van der Waals surface area contributed by atoms with Gasteiger partial charge in [-0.25, -0.2) is 0 Å². The summed E-state index contributed by atoms with van der Waals surface area (Å²) in [7, 11) is 3.07. The predicted molar refractivity (Wildman–Crippen MR) is 123 cm³/mol. The molecule has 1 heterocycles. The third-order valence-corrected chi connectivity index (χ3v) is 6.30. The van der Waals surface area contributed by atoms with Gasteiger partial charge in [0.05, 0.1) is 25.3 Å². The molecule has 1 fully saturated rings. The molecule has 0 saturated carbocycles. The smallest absolute Gasteiger partial charge is 0.244 e. The van der Waals surface area contributed by atoms with E-state index in [4.69, 9.17) is 16.3 Å². The van der Waals surface area contributed by atoms with Crippen molar-refractivity contribution in [2.45, 2.75) is 25.7 Å². The molecule has 2 aliphatic rings. The van der Waals surface area contributed by atoms with Crippen molar-refractivity contribution >= 4 is 40.7 Å². The second-order valence-electron chi connectivity index (χ2n) is 8.30. The minimum absolute atomic E-state index is 0.0668. The number of halogens is 1. The van der Waals surface area contributed by atoms with Crippen LogP contribution in [0.5, 0.6) is 5.75 Å². The maximum Gasteiger partial charge on any atom is 0.244 e. The molecule has 32 heavy (non-hydrogen) atoms. The standard InChI is InChI=1S/C24H26ClN3O4/c1-27(14-22(29)26-20-12-18(25)7-9-21(20)32-2)24(31)17-11-23(30)28(13-17)19-8-6-15-4-3-5-16(15)10-19/h6-10,12,17H,3-5,11,13-14H2,1-2H3,(H,26,29). The van der Waals surface area contributed by atoms with Gasteiger partial charge in [0.1, 0.15) is 5.75 Å². The molecule has 3 amide bonds. The zero-order chi connectivity index (χ0) is 22.8.